The molecule has 8 nitrogen and oxygen atoms in total. The average molecular weight is 475 g/mol. The Kier molecular flexibility index (Phi) is 9.18. The van der Waals surface area contributed by atoms with E-state index in [4.69, 9.17) is 28.4 Å². The number of methoxy groups -OCH3 is 4. The van der Waals surface area contributed by atoms with Crippen LogP contribution in [0.5, 0.6) is 23.0 Å². The van der Waals surface area contributed by atoms with Crippen molar-refractivity contribution in [3.8, 4) is 23.0 Å². The fraction of sp³-hybridized carbons (Fsp3) is 0.462. The molecule has 0 spiro atoms. The van der Waals surface area contributed by atoms with Crippen LogP contribution in [-0.2, 0) is 9.47 Å². The monoisotopic (exact) mass is 474 g/mol. The quantitative estimate of drug-likeness (QED) is 0.430. The second-order valence-electron chi connectivity index (χ2n) is 8.72. The van der Waals surface area contributed by atoms with Crippen LogP contribution in [0, 0.1) is 11.3 Å². The molecule has 0 aliphatic rings. The topological polar surface area (TPSA) is 89.5 Å². The Bertz CT molecular complexity index is 996. The van der Waals surface area contributed by atoms with Gasteiger partial charge in [-0.3, -0.25) is 0 Å². The average Bonchev–Trinajstić information content (AvgIpc) is 2.83. The number of ether oxygens (including phenoxy) is 6. The molecular weight excluding hydrogens is 440 g/mol. The van der Waals surface area contributed by atoms with E-state index < -0.39 is 23.5 Å². The molecule has 0 amide bonds. The smallest absolute Gasteiger partial charge is 0.342 e. The molecule has 1 atom stereocenters. The molecular formula is C26H34O8. The maximum Gasteiger partial charge on any atom is 0.342 e. The van der Waals surface area contributed by atoms with Gasteiger partial charge in [0.1, 0.15) is 23.8 Å². The van der Waals surface area contributed by atoms with E-state index in [1.54, 1.807) is 36.4 Å². The fourth-order valence-electron chi connectivity index (χ4n) is 3.88. The molecule has 0 aliphatic heterocycles. The Morgan fingerprint density at radius 2 is 1.24 bits per heavy atom. The van der Waals surface area contributed by atoms with E-state index in [9.17, 15) is 9.59 Å². The van der Waals surface area contributed by atoms with Gasteiger partial charge in [0.25, 0.3) is 0 Å². The predicted octanol–water partition coefficient (Wildman–Crippen LogP) is 4.79. The second-order valence-corrected chi connectivity index (χ2v) is 8.72. The lowest BCUT2D eigenvalue weighted by molar-refractivity contribution is -0.0526. The Balaban J connectivity index is 2.21. The van der Waals surface area contributed by atoms with E-state index >= 15 is 0 Å². The molecule has 186 valence electrons. The molecule has 0 radical (unpaired) electrons. The molecule has 2 rings (SSSR count). The Hall–Kier alpha value is -3.42. The molecule has 2 aromatic carbocycles. The van der Waals surface area contributed by atoms with Gasteiger partial charge in [-0.15, -0.1) is 0 Å². The highest BCUT2D eigenvalue weighted by Crippen LogP contribution is 2.35. The van der Waals surface area contributed by atoms with E-state index in [0.29, 0.717) is 23.0 Å². The maximum atomic E-state index is 13.1. The molecule has 1 unspecified atom stereocenters. The van der Waals surface area contributed by atoms with Crippen molar-refractivity contribution >= 4 is 11.9 Å². The Labute approximate surface area is 201 Å². The SMILES string of the molecule is COc1cccc(C(=O)OCC(C)(C)C(OC(=O)c2cccc(OC)c2OC)C(C)C)c1OC. The molecule has 0 N–H and O–H groups in total. The summed E-state index contributed by atoms with van der Waals surface area (Å²) in [6, 6.07) is 9.99. The van der Waals surface area contributed by atoms with Gasteiger partial charge in [0.2, 0.25) is 0 Å². The minimum absolute atomic E-state index is 0.0115. The van der Waals surface area contributed by atoms with E-state index in [-0.39, 0.29) is 23.7 Å². The van der Waals surface area contributed by atoms with Crippen LogP contribution in [0.1, 0.15) is 48.4 Å². The van der Waals surface area contributed by atoms with Crippen LogP contribution in [0.25, 0.3) is 0 Å². The van der Waals surface area contributed by atoms with Crippen molar-refractivity contribution in [3.05, 3.63) is 47.5 Å². The summed E-state index contributed by atoms with van der Waals surface area (Å²) in [5, 5.41) is 0. The number of para-hydroxylation sites is 2. The van der Waals surface area contributed by atoms with Crippen molar-refractivity contribution < 1.29 is 38.0 Å². The molecule has 0 heterocycles. The number of hydrogen-bond acceptors (Lipinski definition) is 8. The lowest BCUT2D eigenvalue weighted by Gasteiger charge is -2.36. The molecule has 0 fully saturated rings. The van der Waals surface area contributed by atoms with Crippen molar-refractivity contribution in [1.82, 2.24) is 0 Å². The number of hydrogen-bond donors (Lipinski definition) is 0. The summed E-state index contributed by atoms with van der Waals surface area (Å²) in [5.41, 5.74) is -0.198. The highest BCUT2D eigenvalue weighted by Gasteiger charge is 2.38. The van der Waals surface area contributed by atoms with Crippen LogP contribution in [0.2, 0.25) is 0 Å². The molecule has 8 heteroatoms. The van der Waals surface area contributed by atoms with Gasteiger partial charge >= 0.3 is 11.9 Å². The van der Waals surface area contributed by atoms with E-state index in [2.05, 4.69) is 0 Å². The summed E-state index contributed by atoms with van der Waals surface area (Å²) < 4.78 is 32.8. The van der Waals surface area contributed by atoms with Gasteiger partial charge in [0.05, 0.1) is 28.4 Å². The lowest BCUT2D eigenvalue weighted by Crippen LogP contribution is -2.41. The minimum Gasteiger partial charge on any atom is -0.493 e. The van der Waals surface area contributed by atoms with Gasteiger partial charge in [-0.25, -0.2) is 9.59 Å². The number of benzene rings is 2. The van der Waals surface area contributed by atoms with Crippen LogP contribution in [0.4, 0.5) is 0 Å². The van der Waals surface area contributed by atoms with Crippen molar-refractivity contribution in [2.45, 2.75) is 33.8 Å². The predicted molar refractivity (Wildman–Crippen MR) is 127 cm³/mol. The zero-order valence-corrected chi connectivity index (χ0v) is 21.1. The highest BCUT2D eigenvalue weighted by molar-refractivity contribution is 5.94. The molecule has 0 aromatic heterocycles. The van der Waals surface area contributed by atoms with Gasteiger partial charge in [-0.1, -0.05) is 39.8 Å². The summed E-state index contributed by atoms with van der Waals surface area (Å²) in [5.74, 6) is 0.281. The number of rotatable bonds is 11. The summed E-state index contributed by atoms with van der Waals surface area (Å²) >= 11 is 0. The van der Waals surface area contributed by atoms with E-state index in [1.165, 1.54) is 28.4 Å². The molecule has 0 bridgehead atoms. The third kappa shape index (κ3) is 5.92. The second kappa shape index (κ2) is 11.6. The standard InChI is InChI=1S/C26H34O8/c1-16(2)23(34-25(28)18-12-10-14-20(30-6)22(18)32-8)26(3,4)15-33-24(27)17-11-9-13-19(29-5)21(17)31-7/h9-14,16,23H,15H2,1-8H3. The summed E-state index contributed by atoms with van der Waals surface area (Å²) in [4.78, 5) is 25.9. The molecule has 0 saturated heterocycles. The number of carbonyl (C=O) groups is 2. The van der Waals surface area contributed by atoms with Crippen molar-refractivity contribution in [3.63, 3.8) is 0 Å². The summed E-state index contributed by atoms with van der Waals surface area (Å²) in [7, 11) is 5.91. The first-order chi connectivity index (χ1) is 16.1. The summed E-state index contributed by atoms with van der Waals surface area (Å²) in [6.45, 7) is 7.65. The van der Waals surface area contributed by atoms with Crippen LogP contribution >= 0.6 is 0 Å². The van der Waals surface area contributed by atoms with Gasteiger partial charge in [0, 0.05) is 5.41 Å². The number of carbonyl (C=O) groups excluding carboxylic acids is 2. The van der Waals surface area contributed by atoms with Crippen LogP contribution in [0.15, 0.2) is 36.4 Å². The van der Waals surface area contributed by atoms with Crippen molar-refractivity contribution in [1.29, 1.82) is 0 Å². The van der Waals surface area contributed by atoms with Gasteiger partial charge in [0.15, 0.2) is 23.0 Å². The molecule has 34 heavy (non-hydrogen) atoms. The van der Waals surface area contributed by atoms with E-state index in [0.717, 1.165) is 0 Å². The molecule has 0 saturated carbocycles. The lowest BCUT2D eigenvalue weighted by atomic mass is 9.81. The zero-order valence-electron chi connectivity index (χ0n) is 21.1. The van der Waals surface area contributed by atoms with Crippen LogP contribution < -0.4 is 18.9 Å². The van der Waals surface area contributed by atoms with Crippen LogP contribution in [0.3, 0.4) is 0 Å². The maximum absolute atomic E-state index is 13.1. The first kappa shape index (κ1) is 26.8. The molecule has 0 aliphatic carbocycles. The van der Waals surface area contributed by atoms with Gasteiger partial charge < -0.3 is 28.4 Å². The van der Waals surface area contributed by atoms with Gasteiger partial charge in [-0.2, -0.15) is 0 Å². The molecule has 2 aromatic rings. The number of esters is 2. The first-order valence-electron chi connectivity index (χ1n) is 10.9. The van der Waals surface area contributed by atoms with Crippen molar-refractivity contribution in [2.24, 2.45) is 11.3 Å². The zero-order chi connectivity index (χ0) is 25.5. The normalized spacial score (nSPS) is 12.0. The third-order valence-electron chi connectivity index (χ3n) is 5.43. The van der Waals surface area contributed by atoms with Crippen LogP contribution in [-0.4, -0.2) is 53.1 Å². The van der Waals surface area contributed by atoms with Gasteiger partial charge in [-0.05, 0) is 30.2 Å². The third-order valence-corrected chi connectivity index (χ3v) is 5.43. The fourth-order valence-corrected chi connectivity index (χ4v) is 3.88. The van der Waals surface area contributed by atoms with Crippen molar-refractivity contribution in [2.75, 3.05) is 35.0 Å². The Morgan fingerprint density at radius 1 is 0.765 bits per heavy atom. The summed E-state index contributed by atoms with van der Waals surface area (Å²) in [6.07, 6.45) is -0.559. The first-order valence-corrected chi connectivity index (χ1v) is 10.9. The minimum atomic E-state index is -0.697. The Morgan fingerprint density at radius 3 is 1.65 bits per heavy atom. The largest absolute Gasteiger partial charge is 0.493 e. The highest BCUT2D eigenvalue weighted by atomic mass is 16.6. The van der Waals surface area contributed by atoms with E-state index in [1.807, 2.05) is 27.7 Å².